The molecule has 7 nitrogen and oxygen atoms in total. The molecule has 0 N–H and O–H groups in total. The minimum absolute atomic E-state index is 0.0771. The average molecular weight is 648 g/mol. The van der Waals surface area contributed by atoms with Crippen LogP contribution < -0.4 is 10.5 Å². The van der Waals surface area contributed by atoms with E-state index in [-0.39, 0.29) is 17.0 Å². The van der Waals surface area contributed by atoms with Crippen molar-refractivity contribution in [2.24, 2.45) is 0 Å². The molecule has 0 aliphatic carbocycles. The Kier molecular flexibility index (Phi) is 13.7. The average Bonchev–Trinajstić information content (AvgIpc) is 3.31. The zero-order valence-electron chi connectivity index (χ0n) is 27.4. The molecule has 3 heterocycles. The topological polar surface area (TPSA) is 72.6 Å². The van der Waals surface area contributed by atoms with Crippen LogP contribution in [0.1, 0.15) is 100 Å². The zero-order valence-corrected chi connectivity index (χ0v) is 29.0. The van der Waals surface area contributed by atoms with E-state index in [9.17, 15) is 14.9 Å². The van der Waals surface area contributed by atoms with Gasteiger partial charge in [0, 0.05) is 51.4 Å². The summed E-state index contributed by atoms with van der Waals surface area (Å²) in [5.41, 5.74) is 2.53. The van der Waals surface area contributed by atoms with Crippen LogP contribution in [0.3, 0.4) is 0 Å². The fourth-order valence-electron chi connectivity index (χ4n) is 6.32. The van der Waals surface area contributed by atoms with E-state index in [1.165, 1.54) is 68.7 Å². The molecule has 9 heteroatoms. The van der Waals surface area contributed by atoms with Crippen LogP contribution >= 0.6 is 24.0 Å². The van der Waals surface area contributed by atoms with E-state index in [0.29, 0.717) is 27.9 Å². The summed E-state index contributed by atoms with van der Waals surface area (Å²) in [5.74, 6) is 0.713. The summed E-state index contributed by atoms with van der Waals surface area (Å²) < 4.78 is 2.29. The van der Waals surface area contributed by atoms with E-state index in [1.807, 2.05) is 26.0 Å². The maximum Gasteiger partial charge on any atom is 0.270 e. The van der Waals surface area contributed by atoms with E-state index in [1.54, 1.807) is 9.47 Å². The molecule has 2 fully saturated rings. The fraction of sp³-hybridized carbons (Fsp3) is 0.556. The molecule has 0 spiro atoms. The maximum absolute atomic E-state index is 13.6. The van der Waals surface area contributed by atoms with Gasteiger partial charge in [-0.1, -0.05) is 119 Å². The molecule has 2 aliphatic heterocycles. The monoisotopic (exact) mass is 647 g/mol. The number of thioether (sulfide) groups is 1. The number of hydrogen-bond acceptors (Lipinski definition) is 7. The lowest BCUT2D eigenvalue weighted by atomic mass is 10.0. The van der Waals surface area contributed by atoms with Gasteiger partial charge < -0.3 is 4.90 Å². The van der Waals surface area contributed by atoms with Crippen LogP contribution in [0.2, 0.25) is 0 Å². The Labute approximate surface area is 279 Å². The number of aromatic nitrogens is 1. The standard InChI is InChI=1S/C36H49N5O2S2/c1-4-6-7-8-9-10-11-12-13-17-20-41-35(43)32(45-36(41)44)25-30-28(3)31(26-37)34(42)40(5-2)33(30)39-23-21-38(22-24-39)27-29-18-15-14-16-19-29/h14-16,18-19,25H,4-13,17,20-24,27H2,1-3H3. The quantitative estimate of drug-likeness (QED) is 0.106. The molecule has 242 valence electrons. The highest BCUT2D eigenvalue weighted by Gasteiger charge is 2.33. The number of carbonyl (C=O) groups is 1. The van der Waals surface area contributed by atoms with Gasteiger partial charge in [0.1, 0.15) is 21.8 Å². The number of nitriles is 1. The number of hydrogen-bond donors (Lipinski definition) is 0. The summed E-state index contributed by atoms with van der Waals surface area (Å²) in [6.07, 6.45) is 14.3. The molecule has 45 heavy (non-hydrogen) atoms. The number of carbonyl (C=O) groups excluding carboxylic acids is 1. The van der Waals surface area contributed by atoms with Gasteiger partial charge in [-0.05, 0) is 37.5 Å². The van der Waals surface area contributed by atoms with Gasteiger partial charge in [-0.2, -0.15) is 5.26 Å². The van der Waals surface area contributed by atoms with Gasteiger partial charge in [0.15, 0.2) is 0 Å². The predicted molar refractivity (Wildman–Crippen MR) is 191 cm³/mol. The van der Waals surface area contributed by atoms with E-state index in [4.69, 9.17) is 12.2 Å². The Morgan fingerprint density at radius 2 is 1.53 bits per heavy atom. The van der Waals surface area contributed by atoms with Crippen molar-refractivity contribution in [2.45, 2.75) is 98.1 Å². The molecule has 0 unspecified atom stereocenters. The molecule has 2 aromatic rings. The molecule has 2 aliphatic rings. The molecule has 4 rings (SSSR count). The molecule has 1 amide bonds. The number of unbranched alkanes of at least 4 members (excludes halogenated alkanes) is 9. The second kappa shape index (κ2) is 17.7. The SMILES string of the molecule is CCCCCCCCCCCCN1C(=O)C(=Cc2c(C)c(C#N)c(=O)n(CC)c2N2CCN(Cc3ccccc3)CC2)SC1=S. The first-order chi connectivity index (χ1) is 21.9. The highest BCUT2D eigenvalue weighted by Crippen LogP contribution is 2.36. The van der Waals surface area contributed by atoms with Gasteiger partial charge >= 0.3 is 0 Å². The van der Waals surface area contributed by atoms with E-state index < -0.39 is 0 Å². The number of thiocarbonyl (C=S) groups is 1. The van der Waals surface area contributed by atoms with Crippen LogP contribution in [0.15, 0.2) is 40.0 Å². The lowest BCUT2D eigenvalue weighted by molar-refractivity contribution is -0.122. The van der Waals surface area contributed by atoms with Crippen LogP contribution in [0.25, 0.3) is 6.08 Å². The molecule has 0 saturated carbocycles. The molecule has 2 saturated heterocycles. The first kappa shape index (κ1) is 34.9. The summed E-state index contributed by atoms with van der Waals surface area (Å²) >= 11 is 6.99. The number of amides is 1. The van der Waals surface area contributed by atoms with Crippen molar-refractivity contribution in [3.8, 4) is 6.07 Å². The number of benzene rings is 1. The number of pyridine rings is 1. The maximum atomic E-state index is 13.6. The smallest absolute Gasteiger partial charge is 0.270 e. The number of rotatable bonds is 16. The molecular weight excluding hydrogens is 599 g/mol. The number of piperazine rings is 1. The molecule has 0 bridgehead atoms. The van der Waals surface area contributed by atoms with Gasteiger partial charge in [-0.25, -0.2) is 0 Å². The van der Waals surface area contributed by atoms with Gasteiger partial charge in [-0.15, -0.1) is 0 Å². The first-order valence-electron chi connectivity index (χ1n) is 16.8. The molecule has 0 radical (unpaired) electrons. The third-order valence-corrected chi connectivity index (χ3v) is 10.3. The minimum Gasteiger partial charge on any atom is -0.355 e. The Bertz CT molecular complexity index is 1440. The molecular formula is C36H49N5O2S2. The van der Waals surface area contributed by atoms with Crippen LogP contribution in [0.4, 0.5) is 5.82 Å². The largest absolute Gasteiger partial charge is 0.355 e. The third kappa shape index (κ3) is 9.08. The normalized spacial score (nSPS) is 16.6. The van der Waals surface area contributed by atoms with Crippen LogP contribution in [-0.4, -0.2) is 57.3 Å². The van der Waals surface area contributed by atoms with Crippen molar-refractivity contribution in [1.29, 1.82) is 5.26 Å². The predicted octanol–water partition coefficient (Wildman–Crippen LogP) is 7.49. The van der Waals surface area contributed by atoms with Crippen molar-refractivity contribution in [1.82, 2.24) is 14.4 Å². The van der Waals surface area contributed by atoms with E-state index in [2.05, 4.69) is 47.1 Å². The first-order valence-corrected chi connectivity index (χ1v) is 18.1. The van der Waals surface area contributed by atoms with E-state index in [0.717, 1.165) is 56.9 Å². The highest BCUT2D eigenvalue weighted by atomic mass is 32.2. The fourth-order valence-corrected chi connectivity index (χ4v) is 7.61. The van der Waals surface area contributed by atoms with E-state index >= 15 is 0 Å². The molecule has 0 atom stereocenters. The summed E-state index contributed by atoms with van der Waals surface area (Å²) in [4.78, 5) is 34.0. The Balaban J connectivity index is 1.46. The van der Waals surface area contributed by atoms with Crippen molar-refractivity contribution in [2.75, 3.05) is 37.6 Å². The molecule has 1 aromatic carbocycles. The number of anilines is 1. The summed E-state index contributed by atoms with van der Waals surface area (Å²) in [5, 5.41) is 9.93. The van der Waals surface area contributed by atoms with Gasteiger partial charge in [0.05, 0.1) is 4.91 Å². The summed E-state index contributed by atoms with van der Waals surface area (Å²) in [6, 6.07) is 12.6. The number of nitrogens with zero attached hydrogens (tertiary/aromatic N) is 5. The lowest BCUT2D eigenvalue weighted by Gasteiger charge is -2.38. The highest BCUT2D eigenvalue weighted by molar-refractivity contribution is 8.26. The van der Waals surface area contributed by atoms with Crippen molar-refractivity contribution < 1.29 is 4.79 Å². The second-order valence-corrected chi connectivity index (χ2v) is 13.8. The van der Waals surface area contributed by atoms with Gasteiger partial charge in [0.2, 0.25) is 0 Å². The lowest BCUT2D eigenvalue weighted by Crippen LogP contribution is -2.48. The van der Waals surface area contributed by atoms with Crippen LogP contribution in [0, 0.1) is 18.3 Å². The Hall–Kier alpha value is -2.93. The Morgan fingerprint density at radius 3 is 2.13 bits per heavy atom. The van der Waals surface area contributed by atoms with Crippen LogP contribution in [-0.2, 0) is 17.9 Å². The molecule has 1 aromatic heterocycles. The Morgan fingerprint density at radius 1 is 0.911 bits per heavy atom. The third-order valence-electron chi connectivity index (χ3n) is 8.97. The second-order valence-electron chi connectivity index (χ2n) is 12.2. The van der Waals surface area contributed by atoms with Crippen molar-refractivity contribution in [3.05, 3.63) is 67.8 Å². The van der Waals surface area contributed by atoms with Crippen molar-refractivity contribution in [3.63, 3.8) is 0 Å². The summed E-state index contributed by atoms with van der Waals surface area (Å²) in [6.45, 7) is 11.2. The van der Waals surface area contributed by atoms with Crippen molar-refractivity contribution >= 4 is 46.1 Å². The van der Waals surface area contributed by atoms with Gasteiger partial charge in [-0.3, -0.25) is 24.0 Å². The minimum atomic E-state index is -0.273. The van der Waals surface area contributed by atoms with Gasteiger partial charge in [0.25, 0.3) is 11.5 Å². The van der Waals surface area contributed by atoms with Crippen LogP contribution in [0.5, 0.6) is 0 Å². The zero-order chi connectivity index (χ0) is 32.2. The summed E-state index contributed by atoms with van der Waals surface area (Å²) in [7, 11) is 0.